The van der Waals surface area contributed by atoms with E-state index in [0.717, 1.165) is 12.1 Å². The van der Waals surface area contributed by atoms with Gasteiger partial charge in [0.25, 0.3) is 11.1 Å². The minimum atomic E-state index is -4.58. The minimum absolute atomic E-state index is 0.0231. The van der Waals surface area contributed by atoms with Crippen LogP contribution in [0, 0.1) is 0 Å². The number of imide groups is 1. The summed E-state index contributed by atoms with van der Waals surface area (Å²) in [7, 11) is 0. The quantitative estimate of drug-likeness (QED) is 0.780. The maximum atomic E-state index is 13.1. The fraction of sp³-hybridized carbons (Fsp3) is 0.333. The third-order valence-corrected chi connectivity index (χ3v) is 4.77. The fourth-order valence-electron chi connectivity index (χ4n) is 2.58. The lowest BCUT2D eigenvalue weighted by Gasteiger charge is -2.31. The van der Waals surface area contributed by atoms with Crippen molar-refractivity contribution in [3.63, 3.8) is 0 Å². The Morgan fingerprint density at radius 3 is 2.48 bits per heavy atom. The van der Waals surface area contributed by atoms with Crippen LogP contribution in [0.25, 0.3) is 6.08 Å². The zero-order valence-corrected chi connectivity index (χ0v) is 14.2. The molecule has 0 aromatic heterocycles. The van der Waals surface area contributed by atoms with Gasteiger partial charge in [-0.15, -0.1) is 0 Å². The van der Waals surface area contributed by atoms with Crippen LogP contribution in [0.3, 0.4) is 0 Å². The standard InChI is InChI=1S/C15H12ClF3N2O3S/c16-10-7-9(15(17,18)19)5-8(6-11-13(22)20-14(23)25-11)12(10)21-1-3-24-4-2-21/h5-7H,1-4H2,(H,20,22,23)/b11-6-. The number of amides is 2. The predicted molar refractivity (Wildman–Crippen MR) is 88.6 cm³/mol. The average molecular weight is 393 g/mol. The number of morpholine rings is 1. The summed E-state index contributed by atoms with van der Waals surface area (Å²) < 4.78 is 44.6. The zero-order chi connectivity index (χ0) is 18.2. The summed E-state index contributed by atoms with van der Waals surface area (Å²) in [4.78, 5) is 24.9. The van der Waals surface area contributed by atoms with E-state index in [-0.39, 0.29) is 15.5 Å². The summed E-state index contributed by atoms with van der Waals surface area (Å²) in [5, 5.41) is 1.44. The molecule has 2 aliphatic heterocycles. The van der Waals surface area contributed by atoms with Gasteiger partial charge in [-0.2, -0.15) is 13.2 Å². The van der Waals surface area contributed by atoms with Crippen molar-refractivity contribution in [3.05, 3.63) is 33.2 Å². The van der Waals surface area contributed by atoms with Gasteiger partial charge in [0.15, 0.2) is 0 Å². The Bertz CT molecular complexity index is 761. The van der Waals surface area contributed by atoms with Crippen LogP contribution in [0.1, 0.15) is 11.1 Å². The molecule has 134 valence electrons. The first-order valence-electron chi connectivity index (χ1n) is 7.24. The molecule has 2 amide bonds. The highest BCUT2D eigenvalue weighted by molar-refractivity contribution is 8.18. The Morgan fingerprint density at radius 1 is 1.24 bits per heavy atom. The average Bonchev–Trinajstić information content (AvgIpc) is 2.84. The van der Waals surface area contributed by atoms with E-state index in [1.165, 1.54) is 6.08 Å². The third kappa shape index (κ3) is 3.94. The molecule has 3 rings (SSSR count). The van der Waals surface area contributed by atoms with Crippen molar-refractivity contribution in [3.8, 4) is 0 Å². The molecule has 0 bridgehead atoms. The van der Waals surface area contributed by atoms with E-state index in [9.17, 15) is 22.8 Å². The summed E-state index contributed by atoms with van der Waals surface area (Å²) >= 11 is 6.78. The molecule has 2 heterocycles. The van der Waals surface area contributed by atoms with Gasteiger partial charge in [-0.1, -0.05) is 11.6 Å². The molecule has 2 fully saturated rings. The van der Waals surface area contributed by atoms with Crippen molar-refractivity contribution in [1.29, 1.82) is 0 Å². The molecule has 0 radical (unpaired) electrons. The SMILES string of the molecule is O=C1NC(=O)/C(=C/c2cc(C(F)(F)F)cc(Cl)c2N2CCOCC2)S1. The fourth-order valence-corrected chi connectivity index (χ4v) is 3.60. The van der Waals surface area contributed by atoms with E-state index in [1.54, 1.807) is 4.90 Å². The number of halogens is 4. The molecule has 0 atom stereocenters. The van der Waals surface area contributed by atoms with Gasteiger partial charge in [-0.05, 0) is 30.0 Å². The van der Waals surface area contributed by atoms with Crippen LogP contribution in [-0.4, -0.2) is 37.4 Å². The summed E-state index contributed by atoms with van der Waals surface area (Å²) in [6.07, 6.45) is -3.32. The monoisotopic (exact) mass is 392 g/mol. The number of benzene rings is 1. The van der Waals surface area contributed by atoms with Gasteiger partial charge >= 0.3 is 6.18 Å². The number of carbonyl (C=O) groups excluding carboxylic acids is 2. The van der Waals surface area contributed by atoms with Crippen LogP contribution in [0.15, 0.2) is 17.0 Å². The number of nitrogens with zero attached hydrogens (tertiary/aromatic N) is 1. The number of thioether (sulfide) groups is 1. The molecule has 0 spiro atoms. The van der Waals surface area contributed by atoms with Crippen LogP contribution in [-0.2, 0) is 15.7 Å². The van der Waals surface area contributed by atoms with E-state index >= 15 is 0 Å². The van der Waals surface area contributed by atoms with Crippen molar-refractivity contribution in [2.24, 2.45) is 0 Å². The van der Waals surface area contributed by atoms with Crippen LogP contribution >= 0.6 is 23.4 Å². The van der Waals surface area contributed by atoms with Gasteiger partial charge in [0, 0.05) is 18.7 Å². The topological polar surface area (TPSA) is 58.6 Å². The van der Waals surface area contributed by atoms with Crippen molar-refractivity contribution < 1.29 is 27.5 Å². The molecule has 1 aromatic carbocycles. The van der Waals surface area contributed by atoms with Crippen molar-refractivity contribution in [1.82, 2.24) is 5.32 Å². The number of rotatable bonds is 2. The first-order valence-corrected chi connectivity index (χ1v) is 8.43. The first kappa shape index (κ1) is 18.1. The van der Waals surface area contributed by atoms with E-state index in [0.29, 0.717) is 43.8 Å². The number of ether oxygens (including phenoxy) is 1. The molecule has 1 N–H and O–H groups in total. The molecule has 2 aliphatic rings. The lowest BCUT2D eigenvalue weighted by Crippen LogP contribution is -2.37. The van der Waals surface area contributed by atoms with Crippen molar-refractivity contribution in [2.45, 2.75) is 6.18 Å². The second-order valence-corrected chi connectivity index (χ2v) is 6.77. The van der Waals surface area contributed by atoms with Crippen molar-refractivity contribution in [2.75, 3.05) is 31.2 Å². The number of anilines is 1. The lowest BCUT2D eigenvalue weighted by atomic mass is 10.1. The molecule has 1 aromatic rings. The second kappa shape index (κ2) is 6.89. The predicted octanol–water partition coefficient (Wildman–Crippen LogP) is 3.52. The van der Waals surface area contributed by atoms with Gasteiger partial charge in [0.2, 0.25) is 0 Å². The molecule has 2 saturated heterocycles. The zero-order valence-electron chi connectivity index (χ0n) is 12.7. The van der Waals surface area contributed by atoms with Crippen LogP contribution < -0.4 is 10.2 Å². The molecule has 0 unspecified atom stereocenters. The van der Waals surface area contributed by atoms with E-state index in [1.807, 2.05) is 0 Å². The number of nitrogens with one attached hydrogen (secondary N) is 1. The number of alkyl halides is 3. The van der Waals surface area contributed by atoms with Crippen LogP contribution in [0.5, 0.6) is 0 Å². The second-order valence-electron chi connectivity index (χ2n) is 5.35. The van der Waals surface area contributed by atoms with E-state index in [4.69, 9.17) is 16.3 Å². The molecular formula is C15H12ClF3N2O3S. The van der Waals surface area contributed by atoms with Gasteiger partial charge in [0.05, 0.1) is 34.4 Å². The largest absolute Gasteiger partial charge is 0.416 e. The summed E-state index contributed by atoms with van der Waals surface area (Å²) in [6, 6.07) is 1.79. The molecule has 10 heteroatoms. The number of hydrogen-bond acceptors (Lipinski definition) is 5. The molecule has 25 heavy (non-hydrogen) atoms. The van der Waals surface area contributed by atoms with E-state index in [2.05, 4.69) is 5.32 Å². The Morgan fingerprint density at radius 2 is 1.92 bits per heavy atom. The normalized spacial score (nSPS) is 20.3. The van der Waals surface area contributed by atoms with Crippen LogP contribution in [0.4, 0.5) is 23.7 Å². The molecule has 0 saturated carbocycles. The number of hydrogen-bond donors (Lipinski definition) is 1. The molecule has 0 aliphatic carbocycles. The Kier molecular flexibility index (Phi) is 4.99. The minimum Gasteiger partial charge on any atom is -0.378 e. The van der Waals surface area contributed by atoms with Crippen molar-refractivity contribution >= 4 is 46.3 Å². The highest BCUT2D eigenvalue weighted by atomic mass is 35.5. The maximum Gasteiger partial charge on any atom is 0.416 e. The summed E-state index contributed by atoms with van der Waals surface area (Å²) in [5.41, 5.74) is -0.400. The highest BCUT2D eigenvalue weighted by Crippen LogP contribution is 2.40. The molecular weight excluding hydrogens is 381 g/mol. The first-order chi connectivity index (χ1) is 11.8. The lowest BCUT2D eigenvalue weighted by molar-refractivity contribution is -0.137. The third-order valence-electron chi connectivity index (χ3n) is 3.68. The van der Waals surface area contributed by atoms with Gasteiger partial charge < -0.3 is 9.64 Å². The highest BCUT2D eigenvalue weighted by Gasteiger charge is 2.33. The van der Waals surface area contributed by atoms with Crippen LogP contribution in [0.2, 0.25) is 5.02 Å². The number of carbonyl (C=O) groups is 2. The Hall–Kier alpha value is -1.71. The van der Waals surface area contributed by atoms with Gasteiger partial charge in [0.1, 0.15) is 0 Å². The summed E-state index contributed by atoms with van der Waals surface area (Å²) in [6.45, 7) is 1.75. The summed E-state index contributed by atoms with van der Waals surface area (Å²) in [5.74, 6) is -0.642. The maximum absolute atomic E-state index is 13.1. The Balaban J connectivity index is 2.11. The smallest absolute Gasteiger partial charge is 0.378 e. The van der Waals surface area contributed by atoms with E-state index < -0.39 is 22.9 Å². The van der Waals surface area contributed by atoms with Gasteiger partial charge in [-0.3, -0.25) is 14.9 Å². The van der Waals surface area contributed by atoms with Gasteiger partial charge in [-0.25, -0.2) is 0 Å². The Labute approximate surface area is 150 Å². The molecule has 5 nitrogen and oxygen atoms in total.